The molecule has 1 heterocycles. The van der Waals surface area contributed by atoms with Crippen LogP contribution in [0, 0.1) is 0 Å². The number of hydrogen-bond acceptors (Lipinski definition) is 4. The molecule has 112 valence electrons. The summed E-state index contributed by atoms with van der Waals surface area (Å²) in [6, 6.07) is 1.50. The highest BCUT2D eigenvalue weighted by Crippen LogP contribution is 2.14. The van der Waals surface area contributed by atoms with Crippen molar-refractivity contribution in [3.05, 3.63) is 18.1 Å². The maximum atomic E-state index is 12.0. The number of guanidine groups is 1. The number of aliphatic imine (C=N–C) groups is 1. The van der Waals surface area contributed by atoms with E-state index in [-0.39, 0.29) is 5.96 Å². The fourth-order valence-corrected chi connectivity index (χ4v) is 1.36. The molecular weight excluding hydrogens is 273 g/mol. The quantitative estimate of drug-likeness (QED) is 0.413. The van der Waals surface area contributed by atoms with Crippen LogP contribution in [0.15, 0.2) is 17.3 Å². The van der Waals surface area contributed by atoms with E-state index in [9.17, 15) is 13.2 Å². The Balaban J connectivity index is 2.57. The van der Waals surface area contributed by atoms with Gasteiger partial charge in [-0.05, 0) is 25.5 Å². The maximum Gasteiger partial charge on any atom is 0.408 e. The van der Waals surface area contributed by atoms with E-state index in [0.717, 1.165) is 12.8 Å². The summed E-state index contributed by atoms with van der Waals surface area (Å²) in [7, 11) is 0. The third kappa shape index (κ3) is 6.88. The fraction of sp³-hybridized carbons (Fsp3) is 0.545. The lowest BCUT2D eigenvalue weighted by atomic mass is 10.2. The predicted octanol–water partition coefficient (Wildman–Crippen LogP) is 1.05. The molecule has 0 atom stereocenters. The Labute approximate surface area is 114 Å². The largest absolute Gasteiger partial charge is 0.408 e. The Morgan fingerprint density at radius 2 is 2.10 bits per heavy atom. The number of rotatable bonds is 6. The summed E-state index contributed by atoms with van der Waals surface area (Å²) in [5, 5.41) is 2.50. The van der Waals surface area contributed by atoms with Gasteiger partial charge in [-0.3, -0.25) is 0 Å². The van der Waals surface area contributed by atoms with Gasteiger partial charge in [0.1, 0.15) is 18.2 Å². The van der Waals surface area contributed by atoms with Gasteiger partial charge in [-0.25, -0.2) is 15.0 Å². The molecule has 1 rings (SSSR count). The smallest absolute Gasteiger partial charge is 0.370 e. The van der Waals surface area contributed by atoms with Crippen molar-refractivity contribution >= 4 is 11.8 Å². The van der Waals surface area contributed by atoms with Crippen LogP contribution >= 0.6 is 0 Å². The molecule has 5 N–H and O–H groups in total. The molecule has 0 fully saturated rings. The number of alkyl halides is 3. The Bertz CT molecular complexity index is 446. The molecule has 0 aliphatic heterocycles. The van der Waals surface area contributed by atoms with Crippen molar-refractivity contribution in [3.63, 3.8) is 0 Å². The van der Waals surface area contributed by atoms with Gasteiger partial charge in [0.25, 0.3) is 0 Å². The van der Waals surface area contributed by atoms with Gasteiger partial charge in [0.05, 0.1) is 0 Å². The number of hydrogen-bond donors (Lipinski definition) is 3. The zero-order valence-corrected chi connectivity index (χ0v) is 10.8. The van der Waals surface area contributed by atoms with E-state index in [2.05, 4.69) is 20.3 Å². The van der Waals surface area contributed by atoms with Crippen molar-refractivity contribution in [1.82, 2.24) is 9.97 Å². The lowest BCUT2D eigenvalue weighted by Gasteiger charge is -2.07. The molecule has 0 aliphatic rings. The topological polar surface area (TPSA) is 102 Å². The van der Waals surface area contributed by atoms with Gasteiger partial charge in [0, 0.05) is 12.6 Å². The van der Waals surface area contributed by atoms with Crippen LogP contribution in [0.1, 0.15) is 18.7 Å². The summed E-state index contributed by atoms with van der Waals surface area (Å²) in [5.74, 6) is 0.548. The van der Waals surface area contributed by atoms with Crippen LogP contribution in [0.4, 0.5) is 19.0 Å². The fourth-order valence-electron chi connectivity index (χ4n) is 1.36. The van der Waals surface area contributed by atoms with Crippen LogP contribution in [-0.2, 0) is 6.42 Å². The summed E-state index contributed by atoms with van der Waals surface area (Å²) in [6.45, 7) is -0.741. The van der Waals surface area contributed by atoms with Gasteiger partial charge < -0.3 is 16.8 Å². The van der Waals surface area contributed by atoms with E-state index >= 15 is 0 Å². The number of nitrogens with two attached hydrogens (primary N) is 2. The standard InChI is InChI=1S/C11H17F3N6/c12-11(13,14)7-18-10(16)20-9-4-6-17-8(19-9)3-1-2-5-15/h4,6H,1-3,5,7,15H2,(H3,16,17,18,19,20). The second kappa shape index (κ2) is 7.63. The summed E-state index contributed by atoms with van der Waals surface area (Å²) >= 11 is 0. The highest BCUT2D eigenvalue weighted by Gasteiger charge is 2.26. The molecule has 0 aliphatic carbocycles. The van der Waals surface area contributed by atoms with E-state index in [1.54, 1.807) is 0 Å². The number of halogens is 3. The minimum atomic E-state index is -4.38. The molecule has 0 spiro atoms. The Morgan fingerprint density at radius 3 is 2.75 bits per heavy atom. The van der Waals surface area contributed by atoms with Crippen LogP contribution < -0.4 is 16.8 Å². The van der Waals surface area contributed by atoms with Gasteiger partial charge in [0.15, 0.2) is 5.96 Å². The normalized spacial score (nSPS) is 12.5. The molecular formula is C11H17F3N6. The van der Waals surface area contributed by atoms with Crippen molar-refractivity contribution < 1.29 is 13.2 Å². The molecule has 9 heteroatoms. The number of aromatic nitrogens is 2. The van der Waals surface area contributed by atoms with Gasteiger partial charge in [-0.2, -0.15) is 13.2 Å². The van der Waals surface area contributed by atoms with Crippen LogP contribution in [0.2, 0.25) is 0 Å². The summed E-state index contributed by atoms with van der Waals surface area (Å²) in [6.07, 6.45) is -0.532. The molecule has 6 nitrogen and oxygen atoms in total. The lowest BCUT2D eigenvalue weighted by molar-refractivity contribution is -0.118. The molecule has 0 saturated heterocycles. The third-order valence-corrected chi connectivity index (χ3v) is 2.24. The van der Waals surface area contributed by atoms with E-state index in [1.807, 2.05) is 0 Å². The van der Waals surface area contributed by atoms with E-state index in [1.165, 1.54) is 12.3 Å². The number of nitrogens with zero attached hydrogens (tertiary/aromatic N) is 3. The minimum absolute atomic E-state index is 0.311. The number of nitrogens with one attached hydrogen (secondary N) is 1. The molecule has 0 amide bonds. The highest BCUT2D eigenvalue weighted by atomic mass is 19.4. The summed E-state index contributed by atoms with van der Waals surface area (Å²) in [4.78, 5) is 11.4. The van der Waals surface area contributed by atoms with Gasteiger partial charge in [0.2, 0.25) is 0 Å². The van der Waals surface area contributed by atoms with Crippen molar-refractivity contribution in [2.24, 2.45) is 16.5 Å². The molecule has 1 aromatic rings. The SMILES string of the molecule is NCCCCc1nccc(N/C(N)=N\CC(F)(F)F)n1. The average Bonchev–Trinajstić information content (AvgIpc) is 2.36. The first kappa shape index (κ1) is 16.2. The molecule has 0 aromatic carbocycles. The molecule has 0 radical (unpaired) electrons. The van der Waals surface area contributed by atoms with Crippen LogP contribution in [-0.4, -0.2) is 35.2 Å². The lowest BCUT2D eigenvalue weighted by Crippen LogP contribution is -2.26. The first-order chi connectivity index (χ1) is 9.40. The van der Waals surface area contributed by atoms with Gasteiger partial charge in [-0.1, -0.05) is 0 Å². The minimum Gasteiger partial charge on any atom is -0.370 e. The Morgan fingerprint density at radius 1 is 1.35 bits per heavy atom. The third-order valence-electron chi connectivity index (χ3n) is 2.24. The Hall–Kier alpha value is -1.90. The maximum absolute atomic E-state index is 12.0. The number of unbranched alkanes of at least 4 members (excludes halogenated alkanes) is 1. The zero-order chi connectivity index (χ0) is 15.0. The van der Waals surface area contributed by atoms with E-state index in [4.69, 9.17) is 11.5 Å². The Kier molecular flexibility index (Phi) is 6.16. The van der Waals surface area contributed by atoms with Crippen molar-refractivity contribution in [3.8, 4) is 0 Å². The summed E-state index contributed by atoms with van der Waals surface area (Å²) < 4.78 is 35.9. The molecule has 20 heavy (non-hydrogen) atoms. The molecule has 1 aromatic heterocycles. The van der Waals surface area contributed by atoms with Crippen LogP contribution in [0.25, 0.3) is 0 Å². The first-order valence-corrected chi connectivity index (χ1v) is 6.06. The summed E-state index contributed by atoms with van der Waals surface area (Å²) in [5.41, 5.74) is 10.7. The van der Waals surface area contributed by atoms with Gasteiger partial charge >= 0.3 is 6.18 Å². The molecule has 0 bridgehead atoms. The second-order valence-electron chi connectivity index (χ2n) is 4.05. The van der Waals surface area contributed by atoms with Crippen molar-refractivity contribution in [2.45, 2.75) is 25.4 Å². The highest BCUT2D eigenvalue weighted by molar-refractivity contribution is 5.91. The van der Waals surface area contributed by atoms with E-state index in [0.29, 0.717) is 24.6 Å². The molecule has 0 unspecified atom stereocenters. The van der Waals surface area contributed by atoms with Crippen molar-refractivity contribution in [1.29, 1.82) is 0 Å². The monoisotopic (exact) mass is 290 g/mol. The zero-order valence-electron chi connectivity index (χ0n) is 10.8. The number of anilines is 1. The van der Waals surface area contributed by atoms with E-state index < -0.39 is 12.7 Å². The molecule has 0 saturated carbocycles. The van der Waals surface area contributed by atoms with Crippen LogP contribution in [0.5, 0.6) is 0 Å². The van der Waals surface area contributed by atoms with Crippen molar-refractivity contribution in [2.75, 3.05) is 18.4 Å². The number of aryl methyl sites for hydroxylation is 1. The van der Waals surface area contributed by atoms with Gasteiger partial charge in [-0.15, -0.1) is 0 Å². The first-order valence-electron chi connectivity index (χ1n) is 6.06. The predicted molar refractivity (Wildman–Crippen MR) is 70.2 cm³/mol. The van der Waals surface area contributed by atoms with Crippen LogP contribution in [0.3, 0.4) is 0 Å². The second-order valence-corrected chi connectivity index (χ2v) is 4.05. The average molecular weight is 290 g/mol.